The quantitative estimate of drug-likeness (QED) is 0.535. The zero-order valence-corrected chi connectivity index (χ0v) is 7.52. The van der Waals surface area contributed by atoms with E-state index < -0.39 is 11.2 Å². The van der Waals surface area contributed by atoms with E-state index in [-0.39, 0.29) is 0 Å². The molecule has 0 heterocycles. The number of halogens is 1. The molecule has 0 radical (unpaired) electrons. The average molecular weight is 181 g/mol. The largest absolute Gasteiger partial charge is 0.507 e. The summed E-state index contributed by atoms with van der Waals surface area (Å²) in [6.45, 7) is 3.73. The molecule has 3 nitrogen and oxygen atoms in total. The molecule has 0 aromatic heterocycles. The fourth-order valence-corrected chi connectivity index (χ4v) is 1.08. The van der Waals surface area contributed by atoms with Crippen molar-refractivity contribution in [2.24, 2.45) is 0 Å². The number of hydrogen-bond acceptors (Lipinski definition) is 2. The summed E-state index contributed by atoms with van der Waals surface area (Å²) in [7, 11) is 0. The zero-order chi connectivity index (χ0) is 8.91. The summed E-state index contributed by atoms with van der Waals surface area (Å²) in [5.41, 5.74) is 0. The van der Waals surface area contributed by atoms with Crippen molar-refractivity contribution in [3.63, 3.8) is 0 Å². The highest BCUT2D eigenvalue weighted by atomic mass is 35.5. The van der Waals surface area contributed by atoms with E-state index in [4.69, 9.17) is 16.7 Å². The second-order valence-corrected chi connectivity index (χ2v) is 3.04. The van der Waals surface area contributed by atoms with Gasteiger partial charge in [-0.05, 0) is 6.42 Å². The number of ether oxygens (including phenoxy) is 1. The second-order valence-electron chi connectivity index (χ2n) is 2.35. The molecule has 1 unspecified atom stereocenters. The van der Waals surface area contributed by atoms with E-state index in [0.29, 0.717) is 12.8 Å². The molecular weight excluding hydrogens is 168 g/mol. The van der Waals surface area contributed by atoms with Crippen molar-refractivity contribution in [3.05, 3.63) is 0 Å². The summed E-state index contributed by atoms with van der Waals surface area (Å²) in [6.07, 6.45) is 0.548. The predicted molar refractivity (Wildman–Crippen MR) is 42.9 cm³/mol. The Labute approximate surface area is 71.3 Å². The molecule has 0 saturated heterocycles. The minimum atomic E-state index is -1.31. The van der Waals surface area contributed by atoms with Crippen LogP contribution in [0.2, 0.25) is 0 Å². The topological polar surface area (TPSA) is 46.5 Å². The van der Waals surface area contributed by atoms with E-state index in [1.54, 1.807) is 6.92 Å². The lowest BCUT2D eigenvalue weighted by Crippen LogP contribution is -2.27. The maximum absolute atomic E-state index is 10.1. The molecule has 0 rings (SSSR count). The van der Waals surface area contributed by atoms with Crippen LogP contribution < -0.4 is 0 Å². The van der Waals surface area contributed by atoms with Gasteiger partial charge in [-0.2, -0.15) is 0 Å². The highest BCUT2D eigenvalue weighted by Gasteiger charge is 2.28. The Balaban J connectivity index is 3.98. The fraction of sp³-hybridized carbons (Fsp3) is 0.857. The molecule has 0 fully saturated rings. The number of rotatable bonds is 4. The molecule has 0 amide bonds. The van der Waals surface area contributed by atoms with Crippen LogP contribution in [0.1, 0.15) is 33.1 Å². The monoisotopic (exact) mass is 180 g/mol. The van der Waals surface area contributed by atoms with Crippen LogP contribution in [0.5, 0.6) is 0 Å². The smallest absolute Gasteiger partial charge is 0.450 e. The summed E-state index contributed by atoms with van der Waals surface area (Å²) >= 11 is 5.82. The summed E-state index contributed by atoms with van der Waals surface area (Å²) in [6, 6.07) is 0. The molecule has 1 N–H and O–H groups in total. The van der Waals surface area contributed by atoms with Crippen LogP contribution >= 0.6 is 11.6 Å². The Morgan fingerprint density at radius 3 is 2.45 bits per heavy atom. The minimum Gasteiger partial charge on any atom is -0.450 e. The van der Waals surface area contributed by atoms with E-state index in [0.717, 1.165) is 6.42 Å². The van der Waals surface area contributed by atoms with Crippen molar-refractivity contribution in [2.45, 2.75) is 38.2 Å². The second kappa shape index (κ2) is 4.44. The predicted octanol–water partition coefficient (Wildman–Crippen LogP) is 2.83. The van der Waals surface area contributed by atoms with Gasteiger partial charge in [0.05, 0.1) is 0 Å². The highest BCUT2D eigenvalue weighted by Crippen LogP contribution is 2.27. The third-order valence-corrected chi connectivity index (χ3v) is 1.95. The summed E-state index contributed by atoms with van der Waals surface area (Å²) in [5, 5.41) is 7.29. The van der Waals surface area contributed by atoms with Gasteiger partial charge in [0.15, 0.2) is 5.06 Å². The number of carbonyl (C=O) groups is 1. The number of alkyl halides is 1. The third kappa shape index (κ3) is 4.09. The first-order valence-corrected chi connectivity index (χ1v) is 4.02. The Bertz CT molecular complexity index is 138. The van der Waals surface area contributed by atoms with Gasteiger partial charge in [0.25, 0.3) is 0 Å². The molecule has 0 aromatic carbocycles. The zero-order valence-electron chi connectivity index (χ0n) is 6.76. The average Bonchev–Trinajstić information content (AvgIpc) is 1.87. The molecular formula is C7H13ClO3. The van der Waals surface area contributed by atoms with Crippen LogP contribution in [-0.2, 0) is 4.74 Å². The normalized spacial score (nSPS) is 15.5. The lowest BCUT2D eigenvalue weighted by Gasteiger charge is -2.22. The third-order valence-electron chi connectivity index (χ3n) is 1.42. The minimum absolute atomic E-state index is 0.495. The van der Waals surface area contributed by atoms with Crippen molar-refractivity contribution in [2.75, 3.05) is 0 Å². The first kappa shape index (κ1) is 10.6. The van der Waals surface area contributed by atoms with Gasteiger partial charge < -0.3 is 9.84 Å². The molecule has 1 atom stereocenters. The first-order valence-electron chi connectivity index (χ1n) is 3.65. The maximum Gasteiger partial charge on any atom is 0.507 e. The molecule has 0 aliphatic rings. The molecule has 0 bridgehead atoms. The summed E-state index contributed by atoms with van der Waals surface area (Å²) in [5.74, 6) is 0. The molecule has 0 aromatic rings. The summed E-state index contributed by atoms with van der Waals surface area (Å²) in [4.78, 5) is 10.1. The lowest BCUT2D eigenvalue weighted by molar-refractivity contribution is 0.0235. The van der Waals surface area contributed by atoms with Gasteiger partial charge in [-0.1, -0.05) is 31.9 Å². The van der Waals surface area contributed by atoms with Crippen LogP contribution in [0, 0.1) is 0 Å². The van der Waals surface area contributed by atoms with Gasteiger partial charge in [-0.3, -0.25) is 0 Å². The standard InChI is InChI=1S/C7H13ClO3/c1-3-5-7(8,4-2)11-6(9)10/h3-5H2,1-2H3,(H,9,10). The van der Waals surface area contributed by atoms with Gasteiger partial charge in [-0.15, -0.1) is 0 Å². The maximum atomic E-state index is 10.1. The van der Waals surface area contributed by atoms with E-state index >= 15 is 0 Å². The van der Waals surface area contributed by atoms with Crippen molar-refractivity contribution < 1.29 is 14.6 Å². The van der Waals surface area contributed by atoms with Gasteiger partial charge >= 0.3 is 6.16 Å². The lowest BCUT2D eigenvalue weighted by atomic mass is 10.1. The molecule has 0 spiro atoms. The van der Waals surface area contributed by atoms with Gasteiger partial charge in [0.2, 0.25) is 0 Å². The molecule has 4 heteroatoms. The fourth-order valence-electron chi connectivity index (χ4n) is 0.830. The molecule has 0 aliphatic heterocycles. The van der Waals surface area contributed by atoms with Crippen LogP contribution in [0.15, 0.2) is 0 Å². The Morgan fingerprint density at radius 1 is 1.64 bits per heavy atom. The Morgan fingerprint density at radius 2 is 2.18 bits per heavy atom. The molecule has 0 aliphatic carbocycles. The van der Waals surface area contributed by atoms with E-state index in [2.05, 4.69) is 4.74 Å². The SMILES string of the molecule is CCCC(Cl)(CC)OC(=O)O. The van der Waals surface area contributed by atoms with Gasteiger partial charge in [0.1, 0.15) is 0 Å². The Hall–Kier alpha value is -0.440. The highest BCUT2D eigenvalue weighted by molar-refractivity contribution is 6.23. The van der Waals surface area contributed by atoms with Crippen LogP contribution in [0.4, 0.5) is 4.79 Å². The van der Waals surface area contributed by atoms with Gasteiger partial charge in [0, 0.05) is 6.42 Å². The number of carboxylic acid groups (broad SMARTS) is 1. The molecule has 0 saturated carbocycles. The van der Waals surface area contributed by atoms with Crippen molar-refractivity contribution in [3.8, 4) is 0 Å². The van der Waals surface area contributed by atoms with Crippen molar-refractivity contribution in [1.82, 2.24) is 0 Å². The van der Waals surface area contributed by atoms with Crippen molar-refractivity contribution in [1.29, 1.82) is 0 Å². The van der Waals surface area contributed by atoms with Gasteiger partial charge in [-0.25, -0.2) is 4.79 Å². The summed E-state index contributed by atoms with van der Waals surface area (Å²) < 4.78 is 4.51. The van der Waals surface area contributed by atoms with E-state index in [9.17, 15) is 4.79 Å². The molecule has 66 valence electrons. The Kier molecular flexibility index (Phi) is 4.26. The van der Waals surface area contributed by atoms with Crippen molar-refractivity contribution >= 4 is 17.8 Å². The van der Waals surface area contributed by atoms with E-state index in [1.165, 1.54) is 0 Å². The van der Waals surface area contributed by atoms with Crippen LogP contribution in [0.3, 0.4) is 0 Å². The molecule has 11 heavy (non-hydrogen) atoms. The van der Waals surface area contributed by atoms with Crippen LogP contribution in [-0.4, -0.2) is 16.3 Å². The van der Waals surface area contributed by atoms with E-state index in [1.807, 2.05) is 6.92 Å². The van der Waals surface area contributed by atoms with Crippen LogP contribution in [0.25, 0.3) is 0 Å². The number of hydrogen-bond donors (Lipinski definition) is 1. The first-order chi connectivity index (χ1) is 5.04.